The van der Waals surface area contributed by atoms with Gasteiger partial charge >= 0.3 is 0 Å². The first-order valence-electron chi connectivity index (χ1n) is 14.5. The van der Waals surface area contributed by atoms with Crippen molar-refractivity contribution in [3.8, 4) is 0 Å². The van der Waals surface area contributed by atoms with Crippen molar-refractivity contribution >= 4 is 23.8 Å². The maximum Gasteiger partial charge on any atom is 0.253 e. The average molecular weight is 551 g/mol. The fourth-order valence-electron chi connectivity index (χ4n) is 5.79. The number of benzene rings is 2. The third-order valence-electron chi connectivity index (χ3n) is 8.17. The normalized spacial score (nSPS) is 18.5. The molecule has 3 aromatic rings. The molecule has 2 aliphatic rings. The van der Waals surface area contributed by atoms with Gasteiger partial charge in [-0.1, -0.05) is 56.3 Å². The minimum absolute atomic E-state index is 0.00828. The van der Waals surface area contributed by atoms with Crippen LogP contribution in [0.3, 0.4) is 0 Å². The lowest BCUT2D eigenvalue weighted by Crippen LogP contribution is -2.49. The highest BCUT2D eigenvalue weighted by Crippen LogP contribution is 2.32. The summed E-state index contributed by atoms with van der Waals surface area (Å²) in [4.78, 5) is 46.8. The van der Waals surface area contributed by atoms with Crippen LogP contribution in [0.25, 0.3) is 6.08 Å². The minimum Gasteiger partial charge on any atom is -0.348 e. The molecule has 7 heteroatoms. The van der Waals surface area contributed by atoms with Crippen molar-refractivity contribution in [2.75, 3.05) is 19.6 Å². The number of pyridine rings is 1. The van der Waals surface area contributed by atoms with E-state index in [1.54, 1.807) is 18.5 Å². The molecule has 3 heterocycles. The number of likely N-dealkylation sites (tertiary alicyclic amines) is 2. The maximum atomic E-state index is 13.4. The molecule has 2 aromatic carbocycles. The first kappa shape index (κ1) is 28.3. The molecule has 2 aliphatic heterocycles. The molecule has 41 heavy (non-hydrogen) atoms. The smallest absolute Gasteiger partial charge is 0.253 e. The van der Waals surface area contributed by atoms with Gasteiger partial charge in [0, 0.05) is 50.2 Å². The zero-order valence-electron chi connectivity index (χ0n) is 23.8. The largest absolute Gasteiger partial charge is 0.348 e. The fourth-order valence-corrected chi connectivity index (χ4v) is 5.79. The Kier molecular flexibility index (Phi) is 8.92. The number of carbonyl (C=O) groups is 3. The van der Waals surface area contributed by atoms with E-state index in [1.807, 2.05) is 46.2 Å². The molecule has 2 fully saturated rings. The highest BCUT2D eigenvalue weighted by molar-refractivity contribution is 5.95. The second-order valence-corrected chi connectivity index (χ2v) is 11.4. The number of nitrogens with one attached hydrogen (secondary N) is 1. The number of hydrogen-bond donors (Lipinski definition) is 1. The Morgan fingerprint density at radius 3 is 2.46 bits per heavy atom. The number of amides is 3. The van der Waals surface area contributed by atoms with Gasteiger partial charge in [-0.2, -0.15) is 0 Å². The van der Waals surface area contributed by atoms with Crippen molar-refractivity contribution < 1.29 is 14.4 Å². The van der Waals surface area contributed by atoms with Gasteiger partial charge in [-0.15, -0.1) is 0 Å². The lowest BCUT2D eigenvalue weighted by molar-refractivity contribution is -0.134. The molecule has 0 bridgehead atoms. The summed E-state index contributed by atoms with van der Waals surface area (Å²) < 4.78 is 0. The summed E-state index contributed by atoms with van der Waals surface area (Å²) in [6.45, 7) is 6.71. The van der Waals surface area contributed by atoms with Crippen molar-refractivity contribution in [2.45, 2.75) is 51.6 Å². The standard InChI is InChI=1S/C34H38N4O3/c1-24(2)28-12-7-25(8-13-28)19-33(40)38-18-4-6-30-22-37(23-31(30)38)34(41)29-14-9-27(10-15-29)21-36-32(39)16-11-26-5-3-17-35-20-26/h3,5,7-17,20,24,30-31H,4,6,18-19,21-23H2,1-2H3,(H,36,39)/b16-11+/t30-,31-/m1/s1. The van der Waals surface area contributed by atoms with Crippen LogP contribution in [0, 0.1) is 5.92 Å². The molecule has 0 spiro atoms. The predicted octanol–water partition coefficient (Wildman–Crippen LogP) is 4.84. The Balaban J connectivity index is 1.14. The number of aromatic nitrogens is 1. The molecular formula is C34H38N4O3. The molecule has 0 radical (unpaired) electrons. The number of fused-ring (bicyclic) bond motifs is 1. The SMILES string of the molecule is CC(C)c1ccc(CC(=O)N2CCC[C@@H]3CN(C(=O)c4ccc(CNC(=O)/C=C/c5cccnc5)cc4)C[C@H]32)cc1. The second kappa shape index (κ2) is 12.9. The number of carbonyl (C=O) groups excluding carboxylic acids is 3. The molecule has 2 atom stereocenters. The Morgan fingerprint density at radius 1 is 1.00 bits per heavy atom. The third kappa shape index (κ3) is 7.09. The molecule has 7 nitrogen and oxygen atoms in total. The van der Waals surface area contributed by atoms with Crippen molar-refractivity contribution in [3.63, 3.8) is 0 Å². The summed E-state index contributed by atoms with van der Waals surface area (Å²) >= 11 is 0. The predicted molar refractivity (Wildman–Crippen MR) is 160 cm³/mol. The number of nitrogens with zero attached hydrogens (tertiary/aromatic N) is 3. The van der Waals surface area contributed by atoms with Crippen molar-refractivity contribution in [2.24, 2.45) is 5.92 Å². The Bertz CT molecular complexity index is 1380. The zero-order chi connectivity index (χ0) is 28.8. The summed E-state index contributed by atoms with van der Waals surface area (Å²) in [7, 11) is 0. The van der Waals surface area contributed by atoms with E-state index in [1.165, 1.54) is 11.6 Å². The molecule has 212 valence electrons. The molecular weight excluding hydrogens is 512 g/mol. The quantitative estimate of drug-likeness (QED) is 0.407. The molecule has 0 aliphatic carbocycles. The van der Waals surface area contributed by atoms with Gasteiger partial charge in [0.1, 0.15) is 0 Å². The van der Waals surface area contributed by atoms with E-state index in [4.69, 9.17) is 0 Å². The average Bonchev–Trinajstić information content (AvgIpc) is 3.44. The molecule has 0 unspecified atom stereocenters. The van der Waals surface area contributed by atoms with Crippen LogP contribution in [-0.4, -0.2) is 58.2 Å². The summed E-state index contributed by atoms with van der Waals surface area (Å²) in [6.07, 6.45) is 8.99. The zero-order valence-corrected chi connectivity index (χ0v) is 23.8. The van der Waals surface area contributed by atoms with Crippen LogP contribution in [0.15, 0.2) is 79.1 Å². The van der Waals surface area contributed by atoms with E-state index < -0.39 is 0 Å². The summed E-state index contributed by atoms with van der Waals surface area (Å²) in [5, 5.41) is 2.87. The summed E-state index contributed by atoms with van der Waals surface area (Å²) in [5.41, 5.74) is 4.71. The lowest BCUT2D eigenvalue weighted by atomic mass is 9.91. The third-order valence-corrected chi connectivity index (χ3v) is 8.17. The molecule has 5 rings (SSSR count). The van der Waals surface area contributed by atoms with Crippen LogP contribution in [0.5, 0.6) is 0 Å². The van der Waals surface area contributed by atoms with E-state index in [9.17, 15) is 14.4 Å². The van der Waals surface area contributed by atoms with Crippen LogP contribution < -0.4 is 5.32 Å². The van der Waals surface area contributed by atoms with E-state index in [-0.39, 0.29) is 23.8 Å². The highest BCUT2D eigenvalue weighted by atomic mass is 16.2. The van der Waals surface area contributed by atoms with Crippen LogP contribution >= 0.6 is 0 Å². The summed E-state index contributed by atoms with van der Waals surface area (Å²) in [6, 6.07) is 19.5. The van der Waals surface area contributed by atoms with Gasteiger partial charge in [0.15, 0.2) is 0 Å². The van der Waals surface area contributed by atoms with Crippen LogP contribution in [-0.2, 0) is 22.6 Å². The maximum absolute atomic E-state index is 13.4. The number of hydrogen-bond acceptors (Lipinski definition) is 4. The van der Waals surface area contributed by atoms with Gasteiger partial charge < -0.3 is 15.1 Å². The summed E-state index contributed by atoms with van der Waals surface area (Å²) in [5.74, 6) is 0.723. The monoisotopic (exact) mass is 550 g/mol. The van der Waals surface area contributed by atoms with Gasteiger partial charge in [-0.3, -0.25) is 19.4 Å². The molecule has 2 saturated heterocycles. The first-order valence-corrected chi connectivity index (χ1v) is 14.5. The van der Waals surface area contributed by atoms with Gasteiger partial charge in [0.05, 0.1) is 12.5 Å². The number of piperidine rings is 1. The lowest BCUT2D eigenvalue weighted by Gasteiger charge is -2.37. The van der Waals surface area contributed by atoms with Crippen LogP contribution in [0.2, 0.25) is 0 Å². The van der Waals surface area contributed by atoms with Gasteiger partial charge in [0.25, 0.3) is 5.91 Å². The topological polar surface area (TPSA) is 82.6 Å². The van der Waals surface area contributed by atoms with Crippen molar-refractivity contribution in [3.05, 3.63) is 107 Å². The van der Waals surface area contributed by atoms with Crippen molar-refractivity contribution in [1.29, 1.82) is 0 Å². The minimum atomic E-state index is -0.194. The molecule has 0 saturated carbocycles. The highest BCUT2D eigenvalue weighted by Gasteiger charge is 2.42. The Hall–Kier alpha value is -4.26. The Labute approximate surface area is 242 Å². The molecule has 1 aromatic heterocycles. The van der Waals surface area contributed by atoms with E-state index in [0.29, 0.717) is 43.5 Å². The van der Waals surface area contributed by atoms with E-state index >= 15 is 0 Å². The first-order chi connectivity index (χ1) is 19.9. The van der Waals surface area contributed by atoms with Gasteiger partial charge in [-0.25, -0.2) is 0 Å². The Morgan fingerprint density at radius 2 is 1.76 bits per heavy atom. The molecule has 1 N–H and O–H groups in total. The fraction of sp³-hybridized carbons (Fsp3) is 0.353. The van der Waals surface area contributed by atoms with Gasteiger partial charge in [-0.05, 0) is 71.2 Å². The number of rotatable bonds is 8. The second-order valence-electron chi connectivity index (χ2n) is 11.4. The van der Waals surface area contributed by atoms with Gasteiger partial charge in [0.2, 0.25) is 11.8 Å². The van der Waals surface area contributed by atoms with E-state index in [2.05, 4.69) is 48.4 Å². The molecule has 3 amide bonds. The van der Waals surface area contributed by atoms with Crippen LogP contribution in [0.4, 0.5) is 0 Å². The van der Waals surface area contributed by atoms with Crippen molar-refractivity contribution in [1.82, 2.24) is 20.1 Å². The van der Waals surface area contributed by atoms with Crippen LogP contribution in [0.1, 0.15) is 65.2 Å². The van der Waals surface area contributed by atoms with E-state index in [0.717, 1.165) is 36.1 Å².